The predicted molar refractivity (Wildman–Crippen MR) is 224 cm³/mol. The highest BCUT2D eigenvalue weighted by atomic mass is 15.2. The summed E-state index contributed by atoms with van der Waals surface area (Å²) in [5, 5.41) is 0. The van der Waals surface area contributed by atoms with Gasteiger partial charge in [0.25, 0.3) is 0 Å². The van der Waals surface area contributed by atoms with Gasteiger partial charge in [-0.2, -0.15) is 0 Å². The Morgan fingerprint density at radius 1 is 0.698 bits per heavy atom. The molecule has 53 heavy (non-hydrogen) atoms. The maximum absolute atomic E-state index is 2.76. The predicted octanol–water partition coefficient (Wildman–Crippen LogP) is 12.4. The quantitative estimate of drug-likeness (QED) is 0.199. The number of allylic oxidation sites excluding steroid dienone is 7. The monoisotopic (exact) mass is 690 g/mol. The molecule has 5 aliphatic carbocycles. The Hall–Kier alpha value is -5.08. The third kappa shape index (κ3) is 5.52. The van der Waals surface area contributed by atoms with Crippen LogP contribution in [0.1, 0.15) is 92.5 Å². The van der Waals surface area contributed by atoms with Gasteiger partial charge in [0.15, 0.2) is 0 Å². The summed E-state index contributed by atoms with van der Waals surface area (Å²) in [6, 6.07) is 40.3. The van der Waals surface area contributed by atoms with E-state index in [-0.39, 0.29) is 5.41 Å². The molecule has 1 heterocycles. The molecule has 264 valence electrons. The van der Waals surface area contributed by atoms with Gasteiger partial charge in [0.2, 0.25) is 0 Å². The van der Waals surface area contributed by atoms with Crippen LogP contribution in [0.15, 0.2) is 157 Å². The Bertz CT molecular complexity index is 2230. The Balaban J connectivity index is 0.963. The highest BCUT2D eigenvalue weighted by Gasteiger charge is 2.46. The summed E-state index contributed by atoms with van der Waals surface area (Å²) >= 11 is 0. The molecule has 0 aromatic heterocycles. The fourth-order valence-corrected chi connectivity index (χ4v) is 10.8. The lowest BCUT2D eigenvalue weighted by Gasteiger charge is -2.43. The van der Waals surface area contributed by atoms with Gasteiger partial charge in [-0.05, 0) is 125 Å². The van der Waals surface area contributed by atoms with E-state index in [9.17, 15) is 0 Å². The number of benzene rings is 4. The fraction of sp³-hybridized carbons (Fsp3) is 0.294. The number of hydrogen-bond acceptors (Lipinski definition) is 2. The van der Waals surface area contributed by atoms with Gasteiger partial charge in [-0.25, -0.2) is 0 Å². The van der Waals surface area contributed by atoms with E-state index in [4.69, 9.17) is 0 Å². The van der Waals surface area contributed by atoms with Gasteiger partial charge in [0.1, 0.15) is 0 Å². The first-order valence-corrected chi connectivity index (χ1v) is 20.1. The van der Waals surface area contributed by atoms with E-state index in [1.54, 1.807) is 5.57 Å². The van der Waals surface area contributed by atoms with E-state index in [1.165, 1.54) is 68.9 Å². The summed E-state index contributed by atoms with van der Waals surface area (Å²) in [4.78, 5) is 5.43. The topological polar surface area (TPSA) is 6.48 Å². The van der Waals surface area contributed by atoms with Crippen LogP contribution in [0.5, 0.6) is 0 Å². The molecule has 0 saturated heterocycles. The van der Waals surface area contributed by atoms with E-state index < -0.39 is 0 Å². The number of anilines is 2. The van der Waals surface area contributed by atoms with Crippen LogP contribution >= 0.6 is 0 Å². The fourth-order valence-electron chi connectivity index (χ4n) is 10.8. The smallest absolute Gasteiger partial charge is 0.0590 e. The summed E-state index contributed by atoms with van der Waals surface area (Å²) in [5.74, 6) is 1.13. The number of rotatable bonds is 6. The molecule has 0 saturated carbocycles. The minimum absolute atomic E-state index is 0.132. The Labute approximate surface area is 316 Å². The van der Waals surface area contributed by atoms with Crippen molar-refractivity contribution in [2.45, 2.75) is 88.3 Å². The van der Waals surface area contributed by atoms with E-state index in [0.717, 1.165) is 32.1 Å². The number of hydrogen-bond donors (Lipinski definition) is 0. The van der Waals surface area contributed by atoms with Crippen molar-refractivity contribution in [3.8, 4) is 0 Å². The number of para-hydroxylation sites is 1. The Kier molecular flexibility index (Phi) is 8.05. The normalized spacial score (nSPS) is 26.4. The molecule has 2 heteroatoms. The van der Waals surface area contributed by atoms with E-state index >= 15 is 0 Å². The van der Waals surface area contributed by atoms with Gasteiger partial charge < -0.3 is 9.80 Å². The van der Waals surface area contributed by atoms with Crippen molar-refractivity contribution in [2.24, 2.45) is 5.92 Å². The molecule has 0 N–H and O–H groups in total. The molecule has 10 rings (SSSR count). The average molecular weight is 691 g/mol. The van der Waals surface area contributed by atoms with Crippen LogP contribution in [0.25, 0.3) is 16.7 Å². The van der Waals surface area contributed by atoms with Crippen molar-refractivity contribution < 1.29 is 0 Å². The standard InChI is InChI=1S/C51H50N2/c1-51(2)47-19-11-9-17-43(47)44-31-30-42(34-48(44)51)52(40-26-21-36(22-27-40)35-13-5-3-6-14-35)41-28-23-37(24-29-41)38-25-32-50-46(33-38)45-18-10-12-20-49(45)53(50)39-15-7-4-8-16-39/h3-15,17-20,23-26,28-29,31,33,36,39,42,48,50H,16,21-22,27,30,32,34H2,1-2H3. The molecular weight excluding hydrogens is 641 g/mol. The van der Waals surface area contributed by atoms with Crippen molar-refractivity contribution in [1.29, 1.82) is 0 Å². The molecular formula is C51H50N2. The SMILES string of the molecule is CC1(C)c2ccccc2C2=CCC(N(C3=CCC(c4ccccc4)CC3)c3ccc(C4=CCC5C(=C4)c4ccccc4N5C4C=CC=CC4)cc3)CC21. The lowest BCUT2D eigenvalue weighted by atomic mass is 9.71. The minimum atomic E-state index is 0.132. The van der Waals surface area contributed by atoms with Crippen LogP contribution in [0, 0.1) is 5.92 Å². The second kappa shape index (κ2) is 13.1. The van der Waals surface area contributed by atoms with Gasteiger partial charge in [0, 0.05) is 28.7 Å². The molecule has 0 amide bonds. The molecule has 5 unspecified atom stereocenters. The molecule has 5 atom stereocenters. The average Bonchev–Trinajstić information content (AvgIpc) is 3.67. The molecule has 0 spiro atoms. The number of nitrogens with zero attached hydrogens (tertiary/aromatic N) is 2. The zero-order valence-corrected chi connectivity index (χ0v) is 31.2. The molecule has 4 aromatic rings. The van der Waals surface area contributed by atoms with Crippen LogP contribution < -0.4 is 9.80 Å². The van der Waals surface area contributed by atoms with Crippen molar-refractivity contribution in [3.05, 3.63) is 185 Å². The molecule has 1 aliphatic heterocycles. The van der Waals surface area contributed by atoms with Crippen molar-refractivity contribution in [2.75, 3.05) is 9.80 Å². The largest absolute Gasteiger partial charge is 0.357 e. The molecule has 0 bridgehead atoms. The van der Waals surface area contributed by atoms with Crippen molar-refractivity contribution >= 4 is 28.1 Å². The van der Waals surface area contributed by atoms with Crippen LogP contribution in [-0.4, -0.2) is 18.1 Å². The third-order valence-corrected chi connectivity index (χ3v) is 13.5. The summed E-state index contributed by atoms with van der Waals surface area (Å²) in [5.41, 5.74) is 16.0. The van der Waals surface area contributed by atoms with Crippen LogP contribution in [0.3, 0.4) is 0 Å². The van der Waals surface area contributed by atoms with Crippen LogP contribution in [0.4, 0.5) is 11.4 Å². The van der Waals surface area contributed by atoms with Crippen LogP contribution in [-0.2, 0) is 5.41 Å². The van der Waals surface area contributed by atoms with Gasteiger partial charge in [-0.1, -0.05) is 141 Å². The zero-order valence-electron chi connectivity index (χ0n) is 31.2. The second-order valence-corrected chi connectivity index (χ2v) is 16.7. The molecule has 0 fully saturated rings. The Morgan fingerprint density at radius 2 is 1.49 bits per heavy atom. The lowest BCUT2D eigenvalue weighted by molar-refractivity contribution is 0.349. The minimum Gasteiger partial charge on any atom is -0.357 e. The Morgan fingerprint density at radius 3 is 2.28 bits per heavy atom. The van der Waals surface area contributed by atoms with E-state index in [2.05, 4.69) is 175 Å². The summed E-state index contributed by atoms with van der Waals surface area (Å²) < 4.78 is 0. The molecule has 4 aromatic carbocycles. The number of fused-ring (bicyclic) bond motifs is 6. The summed E-state index contributed by atoms with van der Waals surface area (Å²) in [6.45, 7) is 4.95. The second-order valence-electron chi connectivity index (χ2n) is 16.7. The van der Waals surface area contributed by atoms with Gasteiger partial charge >= 0.3 is 0 Å². The van der Waals surface area contributed by atoms with Gasteiger partial charge in [-0.3, -0.25) is 0 Å². The first-order chi connectivity index (χ1) is 26.0. The highest BCUT2D eigenvalue weighted by molar-refractivity contribution is 5.96. The maximum atomic E-state index is 2.76. The van der Waals surface area contributed by atoms with Crippen LogP contribution in [0.2, 0.25) is 0 Å². The van der Waals surface area contributed by atoms with E-state index in [0.29, 0.717) is 30.0 Å². The third-order valence-electron chi connectivity index (χ3n) is 13.5. The van der Waals surface area contributed by atoms with Crippen molar-refractivity contribution in [1.82, 2.24) is 0 Å². The molecule has 0 radical (unpaired) electrons. The molecule has 2 nitrogen and oxygen atoms in total. The molecule has 6 aliphatic rings. The first kappa shape index (κ1) is 32.6. The maximum Gasteiger partial charge on any atom is 0.0590 e. The summed E-state index contributed by atoms with van der Waals surface area (Å²) in [6.07, 6.45) is 27.0. The summed E-state index contributed by atoms with van der Waals surface area (Å²) in [7, 11) is 0. The van der Waals surface area contributed by atoms with Crippen molar-refractivity contribution in [3.63, 3.8) is 0 Å². The lowest BCUT2D eigenvalue weighted by Crippen LogP contribution is -2.41. The first-order valence-electron chi connectivity index (χ1n) is 20.1. The van der Waals surface area contributed by atoms with Gasteiger partial charge in [-0.15, -0.1) is 0 Å². The zero-order chi connectivity index (χ0) is 35.5. The van der Waals surface area contributed by atoms with E-state index in [1.807, 2.05) is 0 Å². The highest BCUT2D eigenvalue weighted by Crippen LogP contribution is 2.55. The van der Waals surface area contributed by atoms with Gasteiger partial charge in [0.05, 0.1) is 12.1 Å².